The van der Waals surface area contributed by atoms with Crippen molar-refractivity contribution in [3.05, 3.63) is 60.2 Å². The molecule has 0 atom stereocenters. The SMILES string of the molecule is COCCNc1cc(-c2cncc(-c3ccc(C)cc3)c2)nc(C)n1. The smallest absolute Gasteiger partial charge is 0.130 e. The highest BCUT2D eigenvalue weighted by atomic mass is 16.5. The maximum Gasteiger partial charge on any atom is 0.130 e. The third kappa shape index (κ3) is 4.39. The second-order valence-corrected chi connectivity index (χ2v) is 5.93. The van der Waals surface area contributed by atoms with Gasteiger partial charge in [0.05, 0.1) is 12.3 Å². The lowest BCUT2D eigenvalue weighted by Gasteiger charge is -2.09. The zero-order valence-corrected chi connectivity index (χ0v) is 14.8. The lowest BCUT2D eigenvalue weighted by atomic mass is 10.0. The van der Waals surface area contributed by atoms with Gasteiger partial charge in [0.25, 0.3) is 0 Å². The van der Waals surface area contributed by atoms with Crippen molar-refractivity contribution in [2.45, 2.75) is 13.8 Å². The molecule has 0 aliphatic carbocycles. The molecule has 0 spiro atoms. The fourth-order valence-corrected chi connectivity index (χ4v) is 2.57. The minimum Gasteiger partial charge on any atom is -0.383 e. The third-order valence-corrected chi connectivity index (χ3v) is 3.87. The van der Waals surface area contributed by atoms with Crippen LogP contribution in [0.1, 0.15) is 11.4 Å². The molecule has 0 unspecified atom stereocenters. The molecule has 2 heterocycles. The summed E-state index contributed by atoms with van der Waals surface area (Å²) in [5.41, 5.74) is 5.28. The van der Waals surface area contributed by atoms with Crippen molar-refractivity contribution in [1.29, 1.82) is 0 Å². The predicted molar refractivity (Wildman–Crippen MR) is 101 cm³/mol. The Morgan fingerprint density at radius 3 is 2.44 bits per heavy atom. The predicted octanol–water partition coefficient (Wildman–Crippen LogP) is 3.88. The summed E-state index contributed by atoms with van der Waals surface area (Å²) in [6, 6.07) is 12.5. The van der Waals surface area contributed by atoms with E-state index in [0.717, 1.165) is 34.0 Å². The molecule has 5 nitrogen and oxygen atoms in total. The minimum absolute atomic E-state index is 0.628. The van der Waals surface area contributed by atoms with Gasteiger partial charge in [-0.05, 0) is 25.5 Å². The van der Waals surface area contributed by atoms with Crippen LogP contribution in [-0.2, 0) is 4.74 Å². The highest BCUT2D eigenvalue weighted by Gasteiger charge is 2.07. The lowest BCUT2D eigenvalue weighted by Crippen LogP contribution is -2.09. The van der Waals surface area contributed by atoms with Gasteiger partial charge in [-0.3, -0.25) is 4.98 Å². The molecule has 0 radical (unpaired) electrons. The summed E-state index contributed by atoms with van der Waals surface area (Å²) in [5.74, 6) is 1.51. The highest BCUT2D eigenvalue weighted by molar-refractivity contribution is 5.71. The number of aromatic nitrogens is 3. The Balaban J connectivity index is 1.91. The number of methoxy groups -OCH3 is 1. The summed E-state index contributed by atoms with van der Waals surface area (Å²) in [5, 5.41) is 3.25. The lowest BCUT2D eigenvalue weighted by molar-refractivity contribution is 0.210. The van der Waals surface area contributed by atoms with E-state index in [1.807, 2.05) is 25.4 Å². The monoisotopic (exact) mass is 334 g/mol. The van der Waals surface area contributed by atoms with Crippen LogP contribution in [0.4, 0.5) is 5.82 Å². The van der Waals surface area contributed by atoms with Crippen LogP contribution in [0.3, 0.4) is 0 Å². The van der Waals surface area contributed by atoms with Gasteiger partial charge in [-0.15, -0.1) is 0 Å². The van der Waals surface area contributed by atoms with Gasteiger partial charge >= 0.3 is 0 Å². The molecule has 0 saturated carbocycles. The number of hydrogen-bond donors (Lipinski definition) is 1. The molecule has 0 aliphatic rings. The van der Waals surface area contributed by atoms with Gasteiger partial charge in [-0.2, -0.15) is 0 Å². The Morgan fingerprint density at radius 1 is 0.920 bits per heavy atom. The number of ether oxygens (including phenoxy) is 1. The molecule has 1 N–H and O–H groups in total. The minimum atomic E-state index is 0.628. The Labute approximate surface area is 148 Å². The van der Waals surface area contributed by atoms with E-state index in [1.54, 1.807) is 7.11 Å². The van der Waals surface area contributed by atoms with Crippen LogP contribution in [0.5, 0.6) is 0 Å². The Hall–Kier alpha value is -2.79. The van der Waals surface area contributed by atoms with E-state index in [1.165, 1.54) is 5.56 Å². The van der Waals surface area contributed by atoms with Crippen LogP contribution in [-0.4, -0.2) is 35.2 Å². The van der Waals surface area contributed by atoms with Gasteiger partial charge in [0.15, 0.2) is 0 Å². The maximum atomic E-state index is 5.07. The first-order chi connectivity index (χ1) is 12.2. The molecule has 0 amide bonds. The molecule has 0 saturated heterocycles. The standard InChI is InChI=1S/C20H22N4O/c1-14-4-6-16(7-5-14)17-10-18(13-21-12-17)19-11-20(22-8-9-25-3)24-15(2)23-19/h4-7,10-13H,8-9H2,1-3H3,(H,22,23,24). The molecule has 25 heavy (non-hydrogen) atoms. The first-order valence-corrected chi connectivity index (χ1v) is 8.26. The summed E-state index contributed by atoms with van der Waals surface area (Å²) in [6.45, 7) is 5.30. The molecule has 2 aromatic heterocycles. The van der Waals surface area contributed by atoms with E-state index in [-0.39, 0.29) is 0 Å². The average Bonchev–Trinajstić information content (AvgIpc) is 2.62. The molecule has 0 aliphatic heterocycles. The summed E-state index contributed by atoms with van der Waals surface area (Å²) in [6.07, 6.45) is 3.71. The van der Waals surface area contributed by atoms with Gasteiger partial charge in [-0.25, -0.2) is 9.97 Å². The molecule has 128 valence electrons. The van der Waals surface area contributed by atoms with E-state index < -0.39 is 0 Å². The summed E-state index contributed by atoms with van der Waals surface area (Å²) < 4.78 is 5.07. The van der Waals surface area contributed by atoms with Crippen LogP contribution in [0.2, 0.25) is 0 Å². The molecule has 5 heteroatoms. The van der Waals surface area contributed by atoms with Crippen molar-refractivity contribution in [1.82, 2.24) is 15.0 Å². The number of benzene rings is 1. The van der Waals surface area contributed by atoms with E-state index in [0.29, 0.717) is 13.2 Å². The number of anilines is 1. The van der Waals surface area contributed by atoms with Crippen molar-refractivity contribution in [2.75, 3.05) is 25.6 Å². The molecule has 3 aromatic rings. The molecular formula is C20H22N4O. The van der Waals surface area contributed by atoms with Crippen molar-refractivity contribution in [3.8, 4) is 22.4 Å². The number of nitrogens with one attached hydrogen (secondary N) is 1. The normalized spacial score (nSPS) is 10.7. The summed E-state index contributed by atoms with van der Waals surface area (Å²) in [7, 11) is 1.68. The molecule has 0 fully saturated rings. The van der Waals surface area contributed by atoms with Crippen LogP contribution < -0.4 is 5.32 Å². The highest BCUT2D eigenvalue weighted by Crippen LogP contribution is 2.25. The van der Waals surface area contributed by atoms with E-state index in [9.17, 15) is 0 Å². The second kappa shape index (κ2) is 7.85. The average molecular weight is 334 g/mol. The Morgan fingerprint density at radius 2 is 1.68 bits per heavy atom. The fourth-order valence-electron chi connectivity index (χ4n) is 2.57. The molecule has 1 aromatic carbocycles. The van der Waals surface area contributed by atoms with Crippen LogP contribution in [0.25, 0.3) is 22.4 Å². The van der Waals surface area contributed by atoms with Crippen LogP contribution in [0.15, 0.2) is 48.8 Å². The number of rotatable bonds is 6. The maximum absolute atomic E-state index is 5.07. The van der Waals surface area contributed by atoms with Crippen molar-refractivity contribution < 1.29 is 4.74 Å². The zero-order valence-electron chi connectivity index (χ0n) is 14.8. The largest absolute Gasteiger partial charge is 0.383 e. The first kappa shape index (κ1) is 17.0. The fraction of sp³-hybridized carbons (Fsp3) is 0.250. The van der Waals surface area contributed by atoms with Crippen molar-refractivity contribution in [2.24, 2.45) is 0 Å². The Bertz CT molecular complexity index is 847. The molecule has 3 rings (SSSR count). The summed E-state index contributed by atoms with van der Waals surface area (Å²) >= 11 is 0. The first-order valence-electron chi connectivity index (χ1n) is 8.26. The quantitative estimate of drug-likeness (QED) is 0.693. The topological polar surface area (TPSA) is 59.9 Å². The number of pyridine rings is 1. The van der Waals surface area contributed by atoms with E-state index >= 15 is 0 Å². The number of hydrogen-bond acceptors (Lipinski definition) is 5. The number of nitrogens with zero attached hydrogens (tertiary/aromatic N) is 3. The second-order valence-electron chi connectivity index (χ2n) is 5.93. The van der Waals surface area contributed by atoms with Gasteiger partial charge in [-0.1, -0.05) is 29.8 Å². The van der Waals surface area contributed by atoms with Gasteiger partial charge in [0.1, 0.15) is 11.6 Å². The van der Waals surface area contributed by atoms with Crippen molar-refractivity contribution >= 4 is 5.82 Å². The van der Waals surface area contributed by atoms with E-state index in [4.69, 9.17) is 4.74 Å². The van der Waals surface area contributed by atoms with Gasteiger partial charge in [0, 0.05) is 43.2 Å². The van der Waals surface area contributed by atoms with Crippen LogP contribution >= 0.6 is 0 Å². The zero-order chi connectivity index (χ0) is 17.6. The molecule has 0 bridgehead atoms. The van der Waals surface area contributed by atoms with Gasteiger partial charge in [0.2, 0.25) is 0 Å². The summed E-state index contributed by atoms with van der Waals surface area (Å²) in [4.78, 5) is 13.4. The van der Waals surface area contributed by atoms with Crippen molar-refractivity contribution in [3.63, 3.8) is 0 Å². The van der Waals surface area contributed by atoms with E-state index in [2.05, 4.69) is 57.5 Å². The van der Waals surface area contributed by atoms with Gasteiger partial charge < -0.3 is 10.1 Å². The Kier molecular flexibility index (Phi) is 5.36. The third-order valence-electron chi connectivity index (χ3n) is 3.87. The van der Waals surface area contributed by atoms with Crippen LogP contribution in [0, 0.1) is 13.8 Å². The molecular weight excluding hydrogens is 312 g/mol. The number of aryl methyl sites for hydroxylation is 2.